The molecule has 0 aliphatic heterocycles. The van der Waals surface area contributed by atoms with E-state index in [-0.39, 0.29) is 5.95 Å². The fraction of sp³-hybridized carbons (Fsp3) is 0.0833. The van der Waals surface area contributed by atoms with Crippen molar-refractivity contribution in [1.82, 2.24) is 15.2 Å². The van der Waals surface area contributed by atoms with Crippen molar-refractivity contribution in [2.45, 2.75) is 0 Å². The number of methoxy groups -OCH3 is 1. The van der Waals surface area contributed by atoms with E-state index in [1.54, 1.807) is 13.3 Å². The summed E-state index contributed by atoms with van der Waals surface area (Å²) >= 11 is 0. The van der Waals surface area contributed by atoms with Gasteiger partial charge in [-0.2, -0.15) is 0 Å². The predicted molar refractivity (Wildman–Crippen MR) is 66.2 cm³/mol. The van der Waals surface area contributed by atoms with Gasteiger partial charge in [0, 0.05) is 0 Å². The number of anilines is 1. The van der Waals surface area contributed by atoms with Crippen molar-refractivity contribution in [3.8, 4) is 5.75 Å². The molecule has 0 atom stereocenters. The first-order valence-corrected chi connectivity index (χ1v) is 5.05. The number of nitrogens with zero attached hydrogens (tertiary/aromatic N) is 3. The Bertz CT molecular complexity index is 522. The molecule has 1 aromatic carbocycles. The first-order chi connectivity index (χ1) is 8.28. The Kier molecular flexibility index (Phi) is 3.30. The Hall–Kier alpha value is -2.43. The minimum absolute atomic E-state index is 0.170. The third-order valence-electron chi connectivity index (χ3n) is 2.14. The Morgan fingerprint density at radius 2 is 2.12 bits per heavy atom. The van der Waals surface area contributed by atoms with Crippen molar-refractivity contribution in [2.24, 2.45) is 0 Å². The van der Waals surface area contributed by atoms with Crippen molar-refractivity contribution < 1.29 is 4.74 Å². The number of nitrogens with two attached hydrogens (primary N) is 1. The number of hydrogen-bond acceptors (Lipinski definition) is 5. The second-order valence-corrected chi connectivity index (χ2v) is 3.35. The molecule has 0 saturated carbocycles. The lowest BCUT2D eigenvalue weighted by molar-refractivity contribution is 0.414. The predicted octanol–water partition coefficient (Wildman–Crippen LogP) is 1.63. The lowest BCUT2D eigenvalue weighted by atomic mass is 10.2. The zero-order valence-electron chi connectivity index (χ0n) is 9.37. The highest BCUT2D eigenvalue weighted by atomic mass is 16.5. The molecule has 0 bridgehead atoms. The lowest BCUT2D eigenvalue weighted by Crippen LogP contribution is -1.97. The summed E-state index contributed by atoms with van der Waals surface area (Å²) in [5, 5.41) is 7.55. The average Bonchev–Trinajstić information content (AvgIpc) is 2.38. The summed E-state index contributed by atoms with van der Waals surface area (Å²) in [6, 6.07) is 7.71. The maximum Gasteiger partial charge on any atom is 0.240 e. The van der Waals surface area contributed by atoms with Crippen LogP contribution in [0.1, 0.15) is 11.3 Å². The Balaban J connectivity index is 2.16. The summed E-state index contributed by atoms with van der Waals surface area (Å²) in [4.78, 5) is 3.85. The molecule has 0 aliphatic carbocycles. The van der Waals surface area contributed by atoms with E-state index in [1.807, 2.05) is 36.4 Å². The number of nitrogen functional groups attached to an aromatic ring is 1. The molecule has 1 heterocycles. The summed E-state index contributed by atoms with van der Waals surface area (Å²) < 4.78 is 5.13. The molecule has 2 N–H and O–H groups in total. The van der Waals surface area contributed by atoms with Crippen molar-refractivity contribution in [2.75, 3.05) is 12.8 Å². The molecule has 5 heteroatoms. The fourth-order valence-electron chi connectivity index (χ4n) is 1.30. The first kappa shape index (κ1) is 11.1. The van der Waals surface area contributed by atoms with E-state index in [4.69, 9.17) is 10.5 Å². The SMILES string of the molecule is COc1cccc(C=Cc2cnc(N)nn2)c1. The van der Waals surface area contributed by atoms with E-state index >= 15 is 0 Å². The molecule has 0 aliphatic rings. The van der Waals surface area contributed by atoms with Gasteiger partial charge in [-0.05, 0) is 23.8 Å². The molecule has 1 aromatic heterocycles. The molecule has 0 spiro atoms. The van der Waals surface area contributed by atoms with Crippen molar-refractivity contribution >= 4 is 18.1 Å². The number of hydrogen-bond donors (Lipinski definition) is 1. The Labute approximate surface area is 99.0 Å². The van der Waals surface area contributed by atoms with Crippen LogP contribution in [-0.4, -0.2) is 22.3 Å². The van der Waals surface area contributed by atoms with E-state index in [0.717, 1.165) is 11.3 Å². The minimum atomic E-state index is 0.170. The minimum Gasteiger partial charge on any atom is -0.497 e. The molecule has 0 amide bonds. The van der Waals surface area contributed by atoms with Gasteiger partial charge in [-0.25, -0.2) is 4.98 Å². The largest absolute Gasteiger partial charge is 0.497 e. The van der Waals surface area contributed by atoms with E-state index in [1.165, 1.54) is 0 Å². The van der Waals surface area contributed by atoms with Crippen LogP contribution < -0.4 is 10.5 Å². The highest BCUT2D eigenvalue weighted by Gasteiger charge is 1.93. The van der Waals surface area contributed by atoms with Crippen LogP contribution in [0.5, 0.6) is 5.75 Å². The van der Waals surface area contributed by atoms with Crippen LogP contribution in [0.4, 0.5) is 5.95 Å². The summed E-state index contributed by atoms with van der Waals surface area (Å²) in [6.07, 6.45) is 5.29. The zero-order chi connectivity index (χ0) is 12.1. The van der Waals surface area contributed by atoms with Gasteiger partial charge in [-0.1, -0.05) is 18.2 Å². The van der Waals surface area contributed by atoms with Crippen LogP contribution >= 0.6 is 0 Å². The van der Waals surface area contributed by atoms with Gasteiger partial charge in [0.2, 0.25) is 5.95 Å². The topological polar surface area (TPSA) is 73.9 Å². The van der Waals surface area contributed by atoms with Crippen LogP contribution in [0.2, 0.25) is 0 Å². The van der Waals surface area contributed by atoms with Crippen LogP contribution in [0, 0.1) is 0 Å². The molecule has 0 fully saturated rings. The normalized spacial score (nSPS) is 10.6. The van der Waals surface area contributed by atoms with Gasteiger partial charge in [0.25, 0.3) is 0 Å². The second-order valence-electron chi connectivity index (χ2n) is 3.35. The zero-order valence-corrected chi connectivity index (χ0v) is 9.37. The second kappa shape index (κ2) is 5.07. The van der Waals surface area contributed by atoms with Crippen molar-refractivity contribution in [3.63, 3.8) is 0 Å². The van der Waals surface area contributed by atoms with Gasteiger partial charge >= 0.3 is 0 Å². The summed E-state index contributed by atoms with van der Waals surface area (Å²) in [6.45, 7) is 0. The average molecular weight is 228 g/mol. The van der Waals surface area contributed by atoms with Gasteiger partial charge in [0.05, 0.1) is 13.3 Å². The molecule has 2 rings (SSSR count). The monoisotopic (exact) mass is 228 g/mol. The number of benzene rings is 1. The molecule has 0 radical (unpaired) electrons. The van der Waals surface area contributed by atoms with Crippen molar-refractivity contribution in [1.29, 1.82) is 0 Å². The summed E-state index contributed by atoms with van der Waals surface area (Å²) in [5.74, 6) is 0.984. The van der Waals surface area contributed by atoms with Gasteiger partial charge in [0.15, 0.2) is 0 Å². The summed E-state index contributed by atoms with van der Waals surface area (Å²) in [5.41, 5.74) is 7.02. The molecule has 5 nitrogen and oxygen atoms in total. The highest BCUT2D eigenvalue weighted by Crippen LogP contribution is 2.14. The lowest BCUT2D eigenvalue weighted by Gasteiger charge is -1.99. The quantitative estimate of drug-likeness (QED) is 0.864. The van der Waals surface area contributed by atoms with Gasteiger partial charge < -0.3 is 10.5 Å². The van der Waals surface area contributed by atoms with Crippen LogP contribution in [0.25, 0.3) is 12.2 Å². The van der Waals surface area contributed by atoms with Crippen LogP contribution in [0.15, 0.2) is 30.5 Å². The van der Waals surface area contributed by atoms with Gasteiger partial charge in [-0.3, -0.25) is 0 Å². The molecular weight excluding hydrogens is 216 g/mol. The number of aromatic nitrogens is 3. The van der Waals surface area contributed by atoms with Crippen LogP contribution in [-0.2, 0) is 0 Å². The molecule has 0 saturated heterocycles. The van der Waals surface area contributed by atoms with E-state index in [2.05, 4.69) is 15.2 Å². The van der Waals surface area contributed by atoms with E-state index in [0.29, 0.717) is 5.69 Å². The van der Waals surface area contributed by atoms with Crippen molar-refractivity contribution in [3.05, 3.63) is 41.7 Å². The van der Waals surface area contributed by atoms with E-state index in [9.17, 15) is 0 Å². The molecule has 2 aromatic rings. The number of ether oxygens (including phenoxy) is 1. The fourth-order valence-corrected chi connectivity index (χ4v) is 1.30. The van der Waals surface area contributed by atoms with Crippen LogP contribution in [0.3, 0.4) is 0 Å². The maximum atomic E-state index is 5.35. The molecular formula is C12H12N4O. The molecule has 86 valence electrons. The van der Waals surface area contributed by atoms with E-state index < -0.39 is 0 Å². The maximum absolute atomic E-state index is 5.35. The Morgan fingerprint density at radius 3 is 2.82 bits per heavy atom. The number of rotatable bonds is 3. The third-order valence-corrected chi connectivity index (χ3v) is 2.14. The Morgan fingerprint density at radius 1 is 1.24 bits per heavy atom. The first-order valence-electron chi connectivity index (χ1n) is 5.05. The van der Waals surface area contributed by atoms with Gasteiger partial charge in [0.1, 0.15) is 11.4 Å². The summed E-state index contributed by atoms with van der Waals surface area (Å²) in [7, 11) is 1.64. The van der Waals surface area contributed by atoms with Gasteiger partial charge in [-0.15, -0.1) is 10.2 Å². The smallest absolute Gasteiger partial charge is 0.240 e. The third kappa shape index (κ3) is 3.01. The molecule has 17 heavy (non-hydrogen) atoms. The molecule has 0 unspecified atom stereocenters. The highest BCUT2D eigenvalue weighted by molar-refractivity contribution is 5.68. The standard InChI is InChI=1S/C12H12N4O/c1-17-11-4-2-3-9(7-11)5-6-10-8-14-12(13)16-15-10/h2-8H,1H3,(H2,13,14,16).